The quantitative estimate of drug-likeness (QED) is 0.566. The number of fused-ring (bicyclic) bond motifs is 1. The lowest BCUT2D eigenvalue weighted by atomic mass is 10.1. The summed E-state index contributed by atoms with van der Waals surface area (Å²) >= 11 is 5.90. The van der Waals surface area contributed by atoms with Crippen LogP contribution < -0.4 is 10.2 Å². The molecule has 2 saturated heterocycles. The molecule has 9 nitrogen and oxygen atoms in total. The van der Waals surface area contributed by atoms with Crippen LogP contribution in [0.1, 0.15) is 25.7 Å². The Labute approximate surface area is 201 Å². The van der Waals surface area contributed by atoms with E-state index in [0.29, 0.717) is 28.5 Å². The van der Waals surface area contributed by atoms with Crippen molar-refractivity contribution < 1.29 is 13.9 Å². The summed E-state index contributed by atoms with van der Waals surface area (Å²) in [6.45, 7) is 3.27. The first-order valence-electron chi connectivity index (χ1n) is 11.4. The number of hydrogen-bond donors (Lipinski definition) is 1. The highest BCUT2D eigenvalue weighted by Gasteiger charge is 2.24. The van der Waals surface area contributed by atoms with Crippen LogP contribution in [0.25, 0.3) is 11.0 Å². The van der Waals surface area contributed by atoms with Crippen LogP contribution in [0.5, 0.6) is 0 Å². The second-order valence-corrected chi connectivity index (χ2v) is 8.87. The third-order valence-electron chi connectivity index (χ3n) is 6.17. The molecule has 2 aliphatic heterocycles. The standard InChI is InChI=1S/C23H25ClFN7O2/c24-17-11-15(3-4-18(17)25)29-22-21-19(27-14-28-22)12-26-23(30-21)32-9-5-16(6-10-32)34-13-20(33)31-7-1-2-8-31/h3-4,11-12,14,16H,1-2,5-10,13H2,(H,27,28,29). The minimum absolute atomic E-state index is 0.0193. The van der Waals surface area contributed by atoms with Crippen LogP contribution in [0, 0.1) is 5.82 Å². The van der Waals surface area contributed by atoms with Gasteiger partial charge in [0.15, 0.2) is 5.82 Å². The second-order valence-electron chi connectivity index (χ2n) is 8.47. The van der Waals surface area contributed by atoms with Crippen LogP contribution in [0.2, 0.25) is 5.02 Å². The molecule has 2 fully saturated rings. The van der Waals surface area contributed by atoms with Crippen LogP contribution in [-0.2, 0) is 9.53 Å². The van der Waals surface area contributed by atoms with Gasteiger partial charge in [0.05, 0.1) is 17.3 Å². The Hall–Kier alpha value is -3.11. The van der Waals surface area contributed by atoms with Crippen molar-refractivity contribution in [1.82, 2.24) is 24.8 Å². The van der Waals surface area contributed by atoms with Crippen LogP contribution in [0.3, 0.4) is 0 Å². The number of nitrogens with one attached hydrogen (secondary N) is 1. The number of carbonyl (C=O) groups excluding carboxylic acids is 1. The minimum Gasteiger partial charge on any atom is -0.368 e. The molecule has 1 N–H and O–H groups in total. The first-order valence-corrected chi connectivity index (χ1v) is 11.8. The lowest BCUT2D eigenvalue weighted by Crippen LogP contribution is -2.40. The van der Waals surface area contributed by atoms with Gasteiger partial charge in [0.25, 0.3) is 0 Å². The Kier molecular flexibility index (Phi) is 6.68. The number of rotatable bonds is 6. The van der Waals surface area contributed by atoms with E-state index in [1.807, 2.05) is 4.90 Å². The number of carbonyl (C=O) groups is 1. The molecule has 0 unspecified atom stereocenters. The summed E-state index contributed by atoms with van der Waals surface area (Å²) in [4.78, 5) is 33.9. The average molecular weight is 486 g/mol. The second kappa shape index (κ2) is 10.0. The number of ether oxygens (including phenoxy) is 1. The highest BCUT2D eigenvalue weighted by molar-refractivity contribution is 6.31. The topological polar surface area (TPSA) is 96.4 Å². The summed E-state index contributed by atoms with van der Waals surface area (Å²) in [5, 5.41) is 3.15. The van der Waals surface area contributed by atoms with Crippen molar-refractivity contribution in [2.24, 2.45) is 0 Å². The molecule has 0 spiro atoms. The van der Waals surface area contributed by atoms with E-state index in [1.54, 1.807) is 12.3 Å². The number of nitrogens with zero attached hydrogens (tertiary/aromatic N) is 6. The van der Waals surface area contributed by atoms with Gasteiger partial charge >= 0.3 is 0 Å². The van der Waals surface area contributed by atoms with E-state index in [-0.39, 0.29) is 23.6 Å². The monoisotopic (exact) mass is 485 g/mol. The van der Waals surface area contributed by atoms with Crippen molar-refractivity contribution in [3.8, 4) is 0 Å². The van der Waals surface area contributed by atoms with Gasteiger partial charge in [0.2, 0.25) is 11.9 Å². The smallest absolute Gasteiger partial charge is 0.248 e. The number of likely N-dealkylation sites (tertiary alicyclic amines) is 1. The van der Waals surface area contributed by atoms with Crippen LogP contribution >= 0.6 is 11.6 Å². The Morgan fingerprint density at radius 3 is 2.71 bits per heavy atom. The molecule has 0 radical (unpaired) electrons. The molecule has 1 aromatic carbocycles. The van der Waals surface area contributed by atoms with Crippen LogP contribution in [0.4, 0.5) is 21.8 Å². The summed E-state index contributed by atoms with van der Waals surface area (Å²) in [5.41, 5.74) is 1.74. The summed E-state index contributed by atoms with van der Waals surface area (Å²) in [6, 6.07) is 4.36. The van der Waals surface area contributed by atoms with Gasteiger partial charge in [-0.2, -0.15) is 0 Å². The number of hydrogen-bond acceptors (Lipinski definition) is 8. The molecule has 0 bridgehead atoms. The highest BCUT2D eigenvalue weighted by atomic mass is 35.5. The van der Waals surface area contributed by atoms with Gasteiger partial charge in [-0.25, -0.2) is 24.3 Å². The van der Waals surface area contributed by atoms with E-state index >= 15 is 0 Å². The lowest BCUT2D eigenvalue weighted by Gasteiger charge is -2.32. The maximum absolute atomic E-state index is 13.5. The summed E-state index contributed by atoms with van der Waals surface area (Å²) < 4.78 is 19.4. The molecular formula is C23H25ClFN7O2. The zero-order valence-corrected chi connectivity index (χ0v) is 19.3. The number of amides is 1. The van der Waals surface area contributed by atoms with E-state index < -0.39 is 5.82 Å². The highest BCUT2D eigenvalue weighted by Crippen LogP contribution is 2.26. The van der Waals surface area contributed by atoms with Gasteiger partial charge in [-0.05, 0) is 43.9 Å². The van der Waals surface area contributed by atoms with Crippen molar-refractivity contribution in [3.63, 3.8) is 0 Å². The predicted octanol–water partition coefficient (Wildman–Crippen LogP) is 3.56. The Balaban J connectivity index is 1.24. The summed E-state index contributed by atoms with van der Waals surface area (Å²) in [5.74, 6) is 0.654. The summed E-state index contributed by atoms with van der Waals surface area (Å²) in [6.07, 6.45) is 6.88. The maximum atomic E-state index is 13.5. The fourth-order valence-corrected chi connectivity index (χ4v) is 4.45. The largest absolute Gasteiger partial charge is 0.368 e. The van der Waals surface area contributed by atoms with E-state index in [4.69, 9.17) is 21.3 Å². The van der Waals surface area contributed by atoms with Crippen molar-refractivity contribution in [3.05, 3.63) is 41.6 Å². The van der Waals surface area contributed by atoms with Crippen molar-refractivity contribution in [2.75, 3.05) is 43.0 Å². The molecule has 1 amide bonds. The zero-order chi connectivity index (χ0) is 23.5. The lowest BCUT2D eigenvalue weighted by molar-refractivity contribution is -0.137. The first-order chi connectivity index (χ1) is 16.6. The molecule has 11 heteroatoms. The van der Waals surface area contributed by atoms with Crippen LogP contribution in [-0.4, -0.2) is 69.6 Å². The molecule has 2 aliphatic rings. The van der Waals surface area contributed by atoms with Crippen molar-refractivity contribution >= 4 is 46.0 Å². The fraction of sp³-hybridized carbons (Fsp3) is 0.435. The Morgan fingerprint density at radius 1 is 1.15 bits per heavy atom. The molecule has 3 aromatic rings. The SMILES string of the molecule is O=C(COC1CCN(c2ncc3ncnc(Nc4ccc(F)c(Cl)c4)c3n2)CC1)N1CCCC1. The van der Waals surface area contributed by atoms with Gasteiger partial charge in [-0.3, -0.25) is 4.79 Å². The third kappa shape index (κ3) is 5.02. The molecule has 0 aliphatic carbocycles. The zero-order valence-electron chi connectivity index (χ0n) is 18.6. The molecule has 2 aromatic heterocycles. The Morgan fingerprint density at radius 2 is 1.94 bits per heavy atom. The van der Waals surface area contributed by atoms with E-state index in [1.165, 1.54) is 18.5 Å². The number of piperidine rings is 1. The van der Waals surface area contributed by atoms with E-state index in [0.717, 1.165) is 51.9 Å². The van der Waals surface area contributed by atoms with Gasteiger partial charge in [0, 0.05) is 31.9 Å². The molecule has 178 valence electrons. The molecule has 5 rings (SSSR count). The number of anilines is 3. The van der Waals surface area contributed by atoms with Crippen LogP contribution in [0.15, 0.2) is 30.7 Å². The first kappa shape index (κ1) is 22.7. The predicted molar refractivity (Wildman–Crippen MR) is 127 cm³/mol. The molecule has 0 atom stereocenters. The third-order valence-corrected chi connectivity index (χ3v) is 6.46. The van der Waals surface area contributed by atoms with E-state index in [2.05, 4.69) is 25.2 Å². The number of benzene rings is 1. The normalized spacial score (nSPS) is 16.9. The van der Waals surface area contributed by atoms with Gasteiger partial charge in [-0.15, -0.1) is 0 Å². The molecule has 4 heterocycles. The van der Waals surface area contributed by atoms with Gasteiger partial charge in [0.1, 0.15) is 29.8 Å². The van der Waals surface area contributed by atoms with E-state index in [9.17, 15) is 9.18 Å². The molecule has 0 saturated carbocycles. The average Bonchev–Trinajstić information content (AvgIpc) is 3.40. The van der Waals surface area contributed by atoms with Crippen molar-refractivity contribution in [2.45, 2.75) is 31.8 Å². The van der Waals surface area contributed by atoms with Gasteiger partial charge in [-0.1, -0.05) is 11.6 Å². The molecular weight excluding hydrogens is 461 g/mol. The summed E-state index contributed by atoms with van der Waals surface area (Å²) in [7, 11) is 0. The van der Waals surface area contributed by atoms with Crippen molar-refractivity contribution in [1.29, 1.82) is 0 Å². The number of aromatic nitrogens is 4. The Bertz CT molecular complexity index is 1180. The van der Waals surface area contributed by atoms with Gasteiger partial charge < -0.3 is 19.9 Å². The fourth-order valence-electron chi connectivity index (χ4n) is 4.27. The number of halogens is 2. The maximum Gasteiger partial charge on any atom is 0.248 e. The minimum atomic E-state index is -0.489. The molecule has 34 heavy (non-hydrogen) atoms.